The van der Waals surface area contributed by atoms with E-state index in [1.807, 2.05) is 164 Å². The number of benzene rings is 4. The summed E-state index contributed by atoms with van der Waals surface area (Å²) in [5.74, 6) is -0.636. The maximum Gasteiger partial charge on any atom is 0.256 e. The van der Waals surface area contributed by atoms with Gasteiger partial charge in [0.15, 0.2) is 0 Å². The maximum absolute atomic E-state index is 14.8. The van der Waals surface area contributed by atoms with Gasteiger partial charge >= 0.3 is 0 Å². The van der Waals surface area contributed by atoms with Crippen LogP contribution in [0.3, 0.4) is 0 Å². The Morgan fingerprint density at radius 2 is 0.520 bits per heavy atom. The Morgan fingerprint density at radius 3 is 0.760 bits per heavy atom. The highest BCUT2D eigenvalue weighted by Crippen LogP contribution is 2.25. The first-order valence-corrected chi connectivity index (χ1v) is 24.6. The van der Waals surface area contributed by atoms with Crippen molar-refractivity contribution in [2.75, 3.05) is 0 Å². The highest BCUT2D eigenvalue weighted by Gasteiger charge is 2.24. The number of rotatable bonds is 18. The molecule has 6 heterocycles. The summed E-state index contributed by atoms with van der Waals surface area (Å²) in [6.45, 7) is 1.53. The lowest BCUT2D eigenvalue weighted by molar-refractivity contribution is 0.0726. The van der Waals surface area contributed by atoms with Crippen LogP contribution in [0.5, 0.6) is 0 Å². The van der Waals surface area contributed by atoms with Crippen molar-refractivity contribution in [1.82, 2.24) is 44.6 Å². The molecule has 0 aliphatic heterocycles. The van der Waals surface area contributed by atoms with Crippen molar-refractivity contribution < 1.29 is 14.4 Å². The van der Waals surface area contributed by atoms with Gasteiger partial charge in [0.1, 0.15) is 0 Å². The van der Waals surface area contributed by atoms with Crippen LogP contribution in [0.2, 0.25) is 0 Å². The predicted molar refractivity (Wildman–Crippen MR) is 289 cm³/mol. The quantitative estimate of drug-likeness (QED) is 0.0822. The summed E-state index contributed by atoms with van der Waals surface area (Å²) in [4.78, 5) is 77.1. The molecule has 4 aromatic carbocycles. The van der Waals surface area contributed by atoms with Crippen molar-refractivity contribution in [3.05, 3.63) is 287 Å². The fraction of sp³-hybridized carbons (Fsp3) is 0.0952. The first-order chi connectivity index (χ1) is 36.9. The van der Waals surface area contributed by atoms with Crippen molar-refractivity contribution in [2.45, 2.75) is 39.3 Å². The average Bonchev–Trinajstić information content (AvgIpc) is 3.47. The second-order valence-electron chi connectivity index (χ2n) is 18.0. The highest BCUT2D eigenvalue weighted by molar-refractivity contribution is 5.95. The summed E-state index contributed by atoms with van der Waals surface area (Å²) in [6.07, 6.45) is 9.94. The number of nitrogens with zero attached hydrogens (tertiary/aromatic N) is 9. The first kappa shape index (κ1) is 48.8. The largest absolute Gasteiger partial charge is 0.330 e. The fourth-order valence-corrected chi connectivity index (χ4v) is 8.89. The SMILES string of the molecule is O=C(c1ccc(-c2ccccn2)nc1)N(Cc1ccccc1)Cc1cc(CN(Cc2ccccc2)C(=O)c2ccc(-c3ccccn3)nc2)cc(CN(Cc2ccccc2)C(=O)c2ccc(-c3ccccn3)nc2)c1. The van der Waals surface area contributed by atoms with Crippen LogP contribution in [-0.2, 0) is 39.3 Å². The van der Waals surface area contributed by atoms with Gasteiger partial charge in [0, 0.05) is 76.4 Å². The van der Waals surface area contributed by atoms with E-state index in [2.05, 4.69) is 48.1 Å². The van der Waals surface area contributed by atoms with Crippen LogP contribution < -0.4 is 0 Å². The second-order valence-corrected chi connectivity index (χ2v) is 18.0. The zero-order chi connectivity index (χ0) is 51.2. The summed E-state index contributed by atoms with van der Waals surface area (Å²) >= 11 is 0. The molecule has 3 amide bonds. The van der Waals surface area contributed by atoms with Gasteiger partial charge in [-0.1, -0.05) is 127 Å². The van der Waals surface area contributed by atoms with Gasteiger partial charge in [-0.2, -0.15) is 0 Å². The van der Waals surface area contributed by atoms with Crippen LogP contribution in [0, 0.1) is 0 Å². The lowest BCUT2D eigenvalue weighted by Crippen LogP contribution is -2.32. The predicted octanol–water partition coefficient (Wildman–Crippen LogP) is 11.6. The topological polar surface area (TPSA) is 138 Å². The Morgan fingerprint density at radius 1 is 0.267 bits per heavy atom. The van der Waals surface area contributed by atoms with Crippen LogP contribution in [-0.4, -0.2) is 62.3 Å². The zero-order valence-corrected chi connectivity index (χ0v) is 41.0. The summed E-state index contributed by atoms with van der Waals surface area (Å²) in [7, 11) is 0. The molecule has 12 heteroatoms. The van der Waals surface area contributed by atoms with Crippen LogP contribution in [0.25, 0.3) is 34.2 Å². The molecule has 0 saturated carbocycles. The number of pyridine rings is 6. The second kappa shape index (κ2) is 23.6. The van der Waals surface area contributed by atoms with Crippen molar-refractivity contribution in [3.8, 4) is 34.2 Å². The molecule has 10 aromatic rings. The molecule has 0 aliphatic carbocycles. The molecule has 75 heavy (non-hydrogen) atoms. The van der Waals surface area contributed by atoms with E-state index >= 15 is 0 Å². The number of carbonyl (C=O) groups excluding carboxylic acids is 3. The third-order valence-corrected chi connectivity index (χ3v) is 12.6. The van der Waals surface area contributed by atoms with E-state index in [1.165, 1.54) is 0 Å². The minimum absolute atomic E-state index is 0.202. The number of carbonyl (C=O) groups is 3. The molecule has 10 rings (SSSR count). The molecular formula is C63H51N9O3. The Bertz CT molecular complexity index is 3080. The third kappa shape index (κ3) is 12.6. The summed E-state index contributed by atoms with van der Waals surface area (Å²) in [5, 5.41) is 0. The zero-order valence-electron chi connectivity index (χ0n) is 41.0. The molecule has 6 aromatic heterocycles. The molecule has 12 nitrogen and oxygen atoms in total. The average molecular weight is 982 g/mol. The van der Waals surface area contributed by atoms with Gasteiger partial charge in [0.2, 0.25) is 0 Å². The molecular weight excluding hydrogens is 931 g/mol. The molecule has 0 saturated heterocycles. The first-order valence-electron chi connectivity index (χ1n) is 24.6. The van der Waals surface area contributed by atoms with Gasteiger partial charge in [-0.05, 0) is 106 Å². The number of hydrogen-bond acceptors (Lipinski definition) is 9. The molecule has 0 spiro atoms. The smallest absolute Gasteiger partial charge is 0.256 e. The lowest BCUT2D eigenvalue weighted by atomic mass is 10.0. The van der Waals surface area contributed by atoms with Crippen LogP contribution in [0.4, 0.5) is 0 Å². The number of aromatic nitrogens is 6. The molecule has 0 bridgehead atoms. The fourth-order valence-electron chi connectivity index (χ4n) is 8.89. The van der Waals surface area contributed by atoms with Crippen LogP contribution >= 0.6 is 0 Å². The Hall–Kier alpha value is -9.81. The van der Waals surface area contributed by atoms with E-state index in [9.17, 15) is 14.4 Å². The summed E-state index contributed by atoms with van der Waals surface area (Å²) in [5.41, 5.74) is 10.6. The van der Waals surface area contributed by atoms with Crippen molar-refractivity contribution in [1.29, 1.82) is 0 Å². The molecule has 366 valence electrons. The minimum atomic E-state index is -0.212. The monoisotopic (exact) mass is 981 g/mol. The van der Waals surface area contributed by atoms with Gasteiger partial charge < -0.3 is 14.7 Å². The van der Waals surface area contributed by atoms with Gasteiger partial charge in [0.05, 0.1) is 50.9 Å². The van der Waals surface area contributed by atoms with E-state index in [0.29, 0.717) is 70.5 Å². The maximum atomic E-state index is 14.8. The van der Waals surface area contributed by atoms with E-state index < -0.39 is 0 Å². The molecule has 0 atom stereocenters. The van der Waals surface area contributed by atoms with Gasteiger partial charge in [0.25, 0.3) is 17.7 Å². The molecule has 0 aliphatic rings. The van der Waals surface area contributed by atoms with E-state index in [0.717, 1.165) is 33.4 Å². The number of hydrogen-bond donors (Lipinski definition) is 0. The Labute approximate surface area is 435 Å². The van der Waals surface area contributed by atoms with Crippen LogP contribution in [0.1, 0.15) is 64.5 Å². The van der Waals surface area contributed by atoms with Gasteiger partial charge in [-0.15, -0.1) is 0 Å². The van der Waals surface area contributed by atoms with Gasteiger partial charge in [-0.3, -0.25) is 44.3 Å². The highest BCUT2D eigenvalue weighted by atomic mass is 16.2. The summed E-state index contributed by atoms with van der Waals surface area (Å²) in [6, 6.07) is 63.4. The standard InChI is InChI=1S/C63H51N9O3/c73-61(52-25-28-58(67-37-52)55-22-10-13-31-64-55)70(40-46-16-4-1-5-17-46)43-49-34-50(44-71(41-47-18-6-2-7-19-47)62(74)53-26-29-59(68-38-53)56-23-11-14-32-65-56)36-51(35-49)45-72(42-48-20-8-3-9-21-48)63(75)54-27-30-60(69-39-54)57-24-12-15-33-66-57/h1-39H,40-45H2. The van der Waals surface area contributed by atoms with E-state index in [1.54, 1.807) is 70.1 Å². The minimum Gasteiger partial charge on any atom is -0.330 e. The Balaban J connectivity index is 1.03. The Kier molecular flexibility index (Phi) is 15.4. The molecule has 0 unspecified atom stereocenters. The van der Waals surface area contributed by atoms with Gasteiger partial charge in [-0.25, -0.2) is 0 Å². The van der Waals surface area contributed by atoms with Crippen LogP contribution in [0.15, 0.2) is 237 Å². The van der Waals surface area contributed by atoms with Crippen molar-refractivity contribution >= 4 is 17.7 Å². The summed E-state index contributed by atoms with van der Waals surface area (Å²) < 4.78 is 0. The third-order valence-electron chi connectivity index (χ3n) is 12.6. The van der Waals surface area contributed by atoms with E-state index in [4.69, 9.17) is 0 Å². The molecule has 0 N–H and O–H groups in total. The van der Waals surface area contributed by atoms with Crippen molar-refractivity contribution in [3.63, 3.8) is 0 Å². The lowest BCUT2D eigenvalue weighted by Gasteiger charge is -2.27. The van der Waals surface area contributed by atoms with Crippen molar-refractivity contribution in [2.24, 2.45) is 0 Å². The normalized spacial score (nSPS) is 10.9. The number of amides is 3. The molecule has 0 fully saturated rings. The molecule has 0 radical (unpaired) electrons. The van der Waals surface area contributed by atoms with E-state index in [-0.39, 0.29) is 37.4 Å².